The molecule has 1 heterocycles. The molecular formula is C27H25N. The monoisotopic (exact) mass is 363 g/mol. The summed E-state index contributed by atoms with van der Waals surface area (Å²) in [5, 5.41) is 2.61. The minimum absolute atomic E-state index is 1.10. The molecule has 1 aliphatic carbocycles. The van der Waals surface area contributed by atoms with Gasteiger partial charge in [0.25, 0.3) is 0 Å². The van der Waals surface area contributed by atoms with E-state index in [2.05, 4.69) is 102 Å². The third-order valence-corrected chi connectivity index (χ3v) is 5.12. The lowest BCUT2D eigenvalue weighted by Crippen LogP contribution is -1.77. The van der Waals surface area contributed by atoms with Gasteiger partial charge in [0.05, 0.1) is 0 Å². The number of para-hydroxylation sites is 2. The molecule has 0 fully saturated rings. The Morgan fingerprint density at radius 1 is 0.500 bits per heavy atom. The van der Waals surface area contributed by atoms with Gasteiger partial charge in [-0.2, -0.15) is 0 Å². The fraction of sp³-hybridized carbons (Fsp3) is 0.111. The van der Waals surface area contributed by atoms with E-state index in [9.17, 15) is 0 Å². The highest BCUT2D eigenvalue weighted by Crippen LogP contribution is 2.35. The lowest BCUT2D eigenvalue weighted by molar-refractivity contribution is 1.26. The standard InChI is InChI=1S/C13H10.C12H9N.C2H6/c1-3-7-12-10(5-1)9-11-6-2-4-8-13(11)12;1-3-7-11-9(5-1)10-6-2-4-8-12(10)13-11;1-2/h1-8H,9H2;1-8,13H;1-2H3. The Kier molecular flexibility index (Phi) is 5.25. The molecule has 138 valence electrons. The molecule has 4 aromatic carbocycles. The van der Waals surface area contributed by atoms with Crippen LogP contribution in [0.5, 0.6) is 0 Å². The van der Waals surface area contributed by atoms with Crippen LogP contribution in [0, 0.1) is 0 Å². The van der Waals surface area contributed by atoms with Crippen LogP contribution in [0.4, 0.5) is 0 Å². The lowest BCUT2D eigenvalue weighted by Gasteiger charge is -1.98. The molecule has 1 aromatic heterocycles. The van der Waals surface area contributed by atoms with Crippen molar-refractivity contribution in [3.63, 3.8) is 0 Å². The summed E-state index contributed by atoms with van der Waals surface area (Å²) >= 11 is 0. The van der Waals surface area contributed by atoms with Crippen LogP contribution in [0.25, 0.3) is 32.9 Å². The molecule has 1 nitrogen and oxygen atoms in total. The van der Waals surface area contributed by atoms with E-state index in [-0.39, 0.29) is 0 Å². The second-order valence-electron chi connectivity index (χ2n) is 6.71. The molecule has 28 heavy (non-hydrogen) atoms. The minimum Gasteiger partial charge on any atom is -0.355 e. The van der Waals surface area contributed by atoms with Crippen molar-refractivity contribution in [2.45, 2.75) is 20.3 Å². The predicted molar refractivity (Wildman–Crippen MR) is 122 cm³/mol. The van der Waals surface area contributed by atoms with Gasteiger partial charge >= 0.3 is 0 Å². The molecule has 6 rings (SSSR count). The summed E-state index contributed by atoms with van der Waals surface area (Å²) in [5.41, 5.74) is 8.18. The molecule has 0 spiro atoms. The number of rotatable bonds is 0. The van der Waals surface area contributed by atoms with Crippen LogP contribution in [-0.4, -0.2) is 4.98 Å². The van der Waals surface area contributed by atoms with Crippen molar-refractivity contribution in [2.75, 3.05) is 0 Å². The van der Waals surface area contributed by atoms with Crippen LogP contribution in [0.3, 0.4) is 0 Å². The molecule has 5 aromatic rings. The van der Waals surface area contributed by atoms with Crippen molar-refractivity contribution in [1.82, 2.24) is 4.98 Å². The van der Waals surface area contributed by atoms with Gasteiger partial charge in [-0.25, -0.2) is 0 Å². The molecule has 0 saturated carbocycles. The van der Waals surface area contributed by atoms with E-state index < -0.39 is 0 Å². The summed E-state index contributed by atoms with van der Waals surface area (Å²) < 4.78 is 0. The number of aromatic amines is 1. The first-order valence-electron chi connectivity index (χ1n) is 10.0. The molecule has 0 saturated heterocycles. The van der Waals surface area contributed by atoms with Crippen molar-refractivity contribution in [2.24, 2.45) is 0 Å². The van der Waals surface area contributed by atoms with E-state index >= 15 is 0 Å². The average molecular weight is 364 g/mol. The summed E-state index contributed by atoms with van der Waals surface area (Å²) in [6.07, 6.45) is 1.10. The molecule has 1 aliphatic rings. The van der Waals surface area contributed by atoms with E-state index in [1.807, 2.05) is 13.8 Å². The highest BCUT2D eigenvalue weighted by atomic mass is 14.7. The van der Waals surface area contributed by atoms with E-state index in [1.54, 1.807) is 0 Å². The number of aromatic nitrogens is 1. The Bertz CT molecular complexity index is 1120. The minimum atomic E-state index is 1.10. The maximum atomic E-state index is 3.38. The van der Waals surface area contributed by atoms with Crippen LogP contribution in [0.1, 0.15) is 25.0 Å². The third kappa shape index (κ3) is 3.32. The number of fused-ring (bicyclic) bond motifs is 6. The topological polar surface area (TPSA) is 15.8 Å². The Labute approximate surface area is 166 Å². The summed E-state index contributed by atoms with van der Waals surface area (Å²) in [6, 6.07) is 34.1. The molecule has 0 aliphatic heterocycles. The summed E-state index contributed by atoms with van der Waals surface area (Å²) in [6.45, 7) is 4.00. The maximum absolute atomic E-state index is 3.38. The van der Waals surface area contributed by atoms with Crippen molar-refractivity contribution in [3.05, 3.63) is 108 Å². The Hall–Kier alpha value is -3.32. The zero-order valence-electron chi connectivity index (χ0n) is 16.4. The Morgan fingerprint density at radius 2 is 0.893 bits per heavy atom. The summed E-state index contributed by atoms with van der Waals surface area (Å²) in [7, 11) is 0. The van der Waals surface area contributed by atoms with Gasteiger partial charge in [0.2, 0.25) is 0 Å². The Morgan fingerprint density at radius 3 is 1.39 bits per heavy atom. The molecule has 0 radical (unpaired) electrons. The summed E-state index contributed by atoms with van der Waals surface area (Å²) in [4.78, 5) is 3.38. The highest BCUT2D eigenvalue weighted by Gasteiger charge is 2.15. The molecular weight excluding hydrogens is 338 g/mol. The van der Waals surface area contributed by atoms with Crippen LogP contribution < -0.4 is 0 Å². The van der Waals surface area contributed by atoms with E-state index in [1.165, 1.54) is 44.1 Å². The third-order valence-electron chi connectivity index (χ3n) is 5.12. The van der Waals surface area contributed by atoms with Crippen LogP contribution >= 0.6 is 0 Å². The first kappa shape index (κ1) is 18.1. The number of benzene rings is 4. The summed E-state index contributed by atoms with van der Waals surface area (Å²) in [5.74, 6) is 0. The van der Waals surface area contributed by atoms with Crippen LogP contribution in [0.15, 0.2) is 97.1 Å². The molecule has 0 bridgehead atoms. The molecule has 0 amide bonds. The van der Waals surface area contributed by atoms with Gasteiger partial charge in [-0.15, -0.1) is 0 Å². The van der Waals surface area contributed by atoms with Gasteiger partial charge in [-0.3, -0.25) is 0 Å². The number of nitrogens with one attached hydrogen (secondary N) is 1. The van der Waals surface area contributed by atoms with Gasteiger partial charge < -0.3 is 4.98 Å². The number of hydrogen-bond acceptors (Lipinski definition) is 0. The maximum Gasteiger partial charge on any atom is 0.0464 e. The zero-order valence-corrected chi connectivity index (χ0v) is 16.4. The van der Waals surface area contributed by atoms with Gasteiger partial charge in [0, 0.05) is 21.8 Å². The van der Waals surface area contributed by atoms with Gasteiger partial charge in [-0.05, 0) is 40.8 Å². The quantitative estimate of drug-likeness (QED) is 0.286. The lowest BCUT2D eigenvalue weighted by atomic mass is 10.1. The second kappa shape index (κ2) is 8.14. The molecule has 0 unspecified atom stereocenters. The molecule has 1 heteroatoms. The number of H-pyrrole nitrogens is 1. The smallest absolute Gasteiger partial charge is 0.0464 e. The van der Waals surface area contributed by atoms with Gasteiger partial charge in [0.15, 0.2) is 0 Å². The van der Waals surface area contributed by atoms with Crippen molar-refractivity contribution in [1.29, 1.82) is 0 Å². The zero-order chi connectivity index (χ0) is 19.3. The largest absolute Gasteiger partial charge is 0.355 e. The Balaban J connectivity index is 0.000000126. The van der Waals surface area contributed by atoms with Crippen molar-refractivity contribution in [3.8, 4) is 11.1 Å². The van der Waals surface area contributed by atoms with Crippen molar-refractivity contribution >= 4 is 21.8 Å². The van der Waals surface area contributed by atoms with E-state index in [0.717, 1.165) is 6.42 Å². The van der Waals surface area contributed by atoms with E-state index in [0.29, 0.717) is 0 Å². The van der Waals surface area contributed by atoms with Crippen LogP contribution in [-0.2, 0) is 6.42 Å². The first-order chi connectivity index (χ1) is 13.9. The van der Waals surface area contributed by atoms with Crippen LogP contribution in [0.2, 0.25) is 0 Å². The number of hydrogen-bond donors (Lipinski definition) is 1. The second-order valence-corrected chi connectivity index (χ2v) is 6.71. The van der Waals surface area contributed by atoms with Gasteiger partial charge in [-0.1, -0.05) is 98.8 Å². The van der Waals surface area contributed by atoms with Gasteiger partial charge in [0.1, 0.15) is 0 Å². The fourth-order valence-corrected chi connectivity index (χ4v) is 3.88. The SMILES string of the molecule is CC.c1ccc2c(c1)Cc1ccccc1-2.c1ccc2c(c1)[nH]c1ccccc12. The average Bonchev–Trinajstić information content (AvgIpc) is 3.34. The molecule has 0 atom stereocenters. The van der Waals surface area contributed by atoms with E-state index in [4.69, 9.17) is 0 Å². The molecule has 1 N–H and O–H groups in total. The fourth-order valence-electron chi connectivity index (χ4n) is 3.88. The highest BCUT2D eigenvalue weighted by molar-refractivity contribution is 6.06. The first-order valence-corrected chi connectivity index (χ1v) is 10.0. The normalized spacial score (nSPS) is 11.1. The van der Waals surface area contributed by atoms with Crippen molar-refractivity contribution < 1.29 is 0 Å². The predicted octanol–water partition coefficient (Wildman–Crippen LogP) is 7.61.